The second-order valence-corrected chi connectivity index (χ2v) is 6.75. The summed E-state index contributed by atoms with van der Waals surface area (Å²) in [5.41, 5.74) is 0.587. The van der Waals surface area contributed by atoms with Crippen LogP contribution in [0, 0.1) is 0 Å². The Balaban J connectivity index is 1.77. The van der Waals surface area contributed by atoms with Gasteiger partial charge in [-0.2, -0.15) is 0 Å². The maximum absolute atomic E-state index is 12.2. The lowest BCUT2D eigenvalue weighted by atomic mass is 10.2. The Morgan fingerprint density at radius 2 is 2.12 bits per heavy atom. The van der Waals surface area contributed by atoms with Crippen LogP contribution in [0.2, 0.25) is 0 Å². The van der Waals surface area contributed by atoms with E-state index in [4.69, 9.17) is 21.4 Å². The van der Waals surface area contributed by atoms with E-state index in [1.54, 1.807) is 36.4 Å². The summed E-state index contributed by atoms with van der Waals surface area (Å²) in [6, 6.07) is 9.55. The Labute approximate surface area is 157 Å². The fraction of sp³-hybridized carbons (Fsp3) is 0.0588. The Hall–Kier alpha value is -2.91. The van der Waals surface area contributed by atoms with Gasteiger partial charge < -0.3 is 19.1 Å². The third kappa shape index (κ3) is 4.01. The van der Waals surface area contributed by atoms with Crippen LogP contribution in [0.15, 0.2) is 52.0 Å². The summed E-state index contributed by atoms with van der Waals surface area (Å²) in [5.74, 6) is -2.21. The number of furan rings is 1. The van der Waals surface area contributed by atoms with Gasteiger partial charge in [0.05, 0.1) is 23.7 Å². The van der Waals surface area contributed by atoms with E-state index in [0.717, 1.165) is 16.7 Å². The van der Waals surface area contributed by atoms with E-state index < -0.39 is 24.4 Å². The third-order valence-electron chi connectivity index (χ3n) is 3.25. The number of rotatable bonds is 5. The second-order valence-electron chi connectivity index (χ2n) is 5.08. The van der Waals surface area contributed by atoms with Crippen LogP contribution in [-0.2, 0) is 9.59 Å². The lowest BCUT2D eigenvalue weighted by Crippen LogP contribution is -2.40. The van der Waals surface area contributed by atoms with E-state index in [0.29, 0.717) is 5.56 Å². The lowest BCUT2D eigenvalue weighted by Gasteiger charge is -2.14. The van der Waals surface area contributed by atoms with Crippen molar-refractivity contribution in [2.75, 3.05) is 6.54 Å². The number of ether oxygens (including phenoxy) is 1. The number of carbonyl (C=O) groups is 3. The number of esters is 1. The number of hydrogen-bond donors (Lipinski definition) is 0. The predicted octanol–water partition coefficient (Wildman–Crippen LogP) is 1.45. The van der Waals surface area contributed by atoms with Gasteiger partial charge in [-0.25, -0.2) is 4.79 Å². The highest BCUT2D eigenvalue weighted by Crippen LogP contribution is 2.32. The van der Waals surface area contributed by atoms with Crippen molar-refractivity contribution in [2.45, 2.75) is 0 Å². The molecule has 0 radical (unpaired) electrons. The van der Waals surface area contributed by atoms with Gasteiger partial charge in [-0.15, -0.1) is 0 Å². The van der Waals surface area contributed by atoms with Crippen LogP contribution in [-0.4, -0.2) is 33.6 Å². The summed E-state index contributed by atoms with van der Waals surface area (Å²) in [5, 5.41) is 10.7. The fourth-order valence-corrected chi connectivity index (χ4v) is 3.39. The highest BCUT2D eigenvalue weighted by Gasteiger charge is 2.31. The molecule has 0 N–H and O–H groups in total. The molecule has 132 valence electrons. The van der Waals surface area contributed by atoms with Gasteiger partial charge in [0.15, 0.2) is 0 Å². The number of amides is 1. The predicted molar refractivity (Wildman–Crippen MR) is 95.0 cm³/mol. The van der Waals surface area contributed by atoms with Gasteiger partial charge in [0.2, 0.25) is 5.76 Å². The summed E-state index contributed by atoms with van der Waals surface area (Å²) in [6.45, 7) is -0.594. The summed E-state index contributed by atoms with van der Waals surface area (Å²) >= 11 is 6.01. The normalized spacial score (nSPS) is 15.5. The van der Waals surface area contributed by atoms with Gasteiger partial charge in [0.1, 0.15) is 10.1 Å². The van der Waals surface area contributed by atoms with E-state index in [2.05, 4.69) is 0 Å². The highest BCUT2D eigenvalue weighted by atomic mass is 32.2. The van der Waals surface area contributed by atoms with Crippen molar-refractivity contribution >= 4 is 52.2 Å². The first kappa shape index (κ1) is 17.9. The van der Waals surface area contributed by atoms with E-state index in [1.807, 2.05) is 0 Å². The van der Waals surface area contributed by atoms with E-state index in [-0.39, 0.29) is 20.7 Å². The number of nitrogens with zero attached hydrogens (tertiary/aromatic N) is 1. The average molecular weight is 388 g/mol. The molecule has 0 atom stereocenters. The van der Waals surface area contributed by atoms with Crippen LogP contribution in [0.1, 0.15) is 16.1 Å². The molecule has 1 aliphatic rings. The SMILES string of the molecule is O=C([O-])CN1C(=O)/C(=C\c2cccc(OC(=O)c3ccco3)c2)SC1=S. The highest BCUT2D eigenvalue weighted by molar-refractivity contribution is 8.26. The molecule has 1 amide bonds. The Morgan fingerprint density at radius 1 is 1.31 bits per heavy atom. The molecule has 9 heteroatoms. The Morgan fingerprint density at radius 3 is 2.81 bits per heavy atom. The number of hydrogen-bond acceptors (Lipinski definition) is 8. The monoisotopic (exact) mass is 388 g/mol. The zero-order valence-electron chi connectivity index (χ0n) is 13.0. The van der Waals surface area contributed by atoms with Gasteiger partial charge in [-0.1, -0.05) is 36.1 Å². The quantitative estimate of drug-likeness (QED) is 0.328. The molecule has 0 unspecified atom stereocenters. The van der Waals surface area contributed by atoms with Crippen molar-refractivity contribution in [1.82, 2.24) is 4.90 Å². The van der Waals surface area contributed by atoms with Crippen LogP contribution in [0.5, 0.6) is 5.75 Å². The van der Waals surface area contributed by atoms with Crippen molar-refractivity contribution in [2.24, 2.45) is 0 Å². The number of thioether (sulfide) groups is 1. The number of carbonyl (C=O) groups excluding carboxylic acids is 3. The molecule has 0 aliphatic carbocycles. The largest absolute Gasteiger partial charge is 0.548 e. The van der Waals surface area contributed by atoms with Crippen LogP contribution in [0.4, 0.5) is 0 Å². The average Bonchev–Trinajstić information content (AvgIpc) is 3.20. The molecule has 1 aromatic heterocycles. The molecule has 1 fully saturated rings. The smallest absolute Gasteiger partial charge is 0.379 e. The molecule has 0 bridgehead atoms. The van der Waals surface area contributed by atoms with Gasteiger partial charge in [-0.05, 0) is 35.9 Å². The third-order valence-corrected chi connectivity index (χ3v) is 4.63. The number of aliphatic carboxylic acids is 1. The first-order chi connectivity index (χ1) is 12.4. The maximum atomic E-state index is 12.2. The molecule has 3 rings (SSSR count). The van der Waals surface area contributed by atoms with Crippen molar-refractivity contribution in [1.29, 1.82) is 0 Å². The van der Waals surface area contributed by atoms with Crippen LogP contribution < -0.4 is 9.84 Å². The number of benzene rings is 1. The van der Waals surface area contributed by atoms with Crippen molar-refractivity contribution < 1.29 is 28.6 Å². The first-order valence-electron chi connectivity index (χ1n) is 7.25. The second kappa shape index (κ2) is 7.54. The number of carboxylic acids is 1. The summed E-state index contributed by atoms with van der Waals surface area (Å²) in [7, 11) is 0. The Kier molecular flexibility index (Phi) is 5.19. The standard InChI is InChI=1S/C17H11NO6S2/c19-14(20)9-18-15(21)13(26-17(18)25)8-10-3-1-4-11(7-10)24-16(22)12-5-2-6-23-12/h1-8H,9H2,(H,19,20)/p-1/b13-8+. The molecule has 0 saturated carbocycles. The molecule has 7 nitrogen and oxygen atoms in total. The maximum Gasteiger partial charge on any atom is 0.379 e. The fourth-order valence-electron chi connectivity index (χ4n) is 2.14. The van der Waals surface area contributed by atoms with Crippen LogP contribution in [0.3, 0.4) is 0 Å². The molecule has 2 aromatic rings. The minimum absolute atomic E-state index is 0.0681. The van der Waals surface area contributed by atoms with Crippen LogP contribution in [0.25, 0.3) is 6.08 Å². The molecule has 2 heterocycles. The molecule has 0 spiro atoms. The minimum atomic E-state index is -1.39. The summed E-state index contributed by atoms with van der Waals surface area (Å²) in [6.07, 6.45) is 2.90. The topological polar surface area (TPSA) is 99.9 Å². The van der Waals surface area contributed by atoms with Gasteiger partial charge in [0.25, 0.3) is 5.91 Å². The van der Waals surface area contributed by atoms with E-state index >= 15 is 0 Å². The van der Waals surface area contributed by atoms with Gasteiger partial charge >= 0.3 is 5.97 Å². The zero-order chi connectivity index (χ0) is 18.7. The van der Waals surface area contributed by atoms with Gasteiger partial charge in [-0.3, -0.25) is 9.69 Å². The number of carboxylic acid groups (broad SMARTS) is 1. The first-order valence-corrected chi connectivity index (χ1v) is 8.47. The van der Waals surface area contributed by atoms with Crippen LogP contribution >= 0.6 is 24.0 Å². The molecule has 1 aliphatic heterocycles. The van der Waals surface area contributed by atoms with Crippen molar-refractivity contribution in [3.8, 4) is 5.75 Å². The Bertz CT molecular complexity index is 919. The summed E-state index contributed by atoms with van der Waals surface area (Å²) < 4.78 is 10.3. The van der Waals surface area contributed by atoms with E-state index in [9.17, 15) is 19.5 Å². The lowest BCUT2D eigenvalue weighted by molar-refractivity contribution is -0.305. The molecular weight excluding hydrogens is 378 g/mol. The van der Waals surface area contributed by atoms with Crippen molar-refractivity contribution in [3.63, 3.8) is 0 Å². The zero-order valence-corrected chi connectivity index (χ0v) is 14.7. The molecule has 1 saturated heterocycles. The van der Waals surface area contributed by atoms with E-state index in [1.165, 1.54) is 12.3 Å². The van der Waals surface area contributed by atoms with Gasteiger partial charge in [0, 0.05) is 0 Å². The summed E-state index contributed by atoms with van der Waals surface area (Å²) in [4.78, 5) is 36.1. The minimum Gasteiger partial charge on any atom is -0.548 e. The molecular formula is C17H10NO6S2-. The number of thiocarbonyl (C=S) groups is 1. The van der Waals surface area contributed by atoms with Crippen molar-refractivity contribution in [3.05, 3.63) is 58.9 Å². The molecule has 26 heavy (non-hydrogen) atoms. The molecule has 1 aromatic carbocycles.